The fraction of sp³-hybridized carbons (Fsp3) is 0.400. The third-order valence-electron chi connectivity index (χ3n) is 1.64. The van der Waals surface area contributed by atoms with Crippen LogP contribution >= 0.6 is 0 Å². The fourth-order valence-corrected chi connectivity index (χ4v) is 1.04. The molecule has 66 valence electrons. The number of hydrogen-bond acceptors (Lipinski definition) is 2. The summed E-state index contributed by atoms with van der Waals surface area (Å²) in [7, 11) is 0. The van der Waals surface area contributed by atoms with Crippen LogP contribution in [0, 0.1) is 0 Å². The molecular formula is C10H16N2. The summed E-state index contributed by atoms with van der Waals surface area (Å²) in [5, 5.41) is 3.28. The van der Waals surface area contributed by atoms with Gasteiger partial charge in [0.2, 0.25) is 0 Å². The van der Waals surface area contributed by atoms with E-state index in [0.717, 1.165) is 13.1 Å². The van der Waals surface area contributed by atoms with Gasteiger partial charge in [-0.15, -0.1) is 0 Å². The lowest BCUT2D eigenvalue weighted by Gasteiger charge is -2.06. The summed E-state index contributed by atoms with van der Waals surface area (Å²) in [5.41, 5.74) is 6.90. The molecule has 0 aliphatic rings. The van der Waals surface area contributed by atoms with Gasteiger partial charge in [0.15, 0.2) is 0 Å². The van der Waals surface area contributed by atoms with E-state index >= 15 is 0 Å². The van der Waals surface area contributed by atoms with Crippen LogP contribution in [0.15, 0.2) is 30.3 Å². The Bertz CT molecular complexity index is 206. The predicted octanol–water partition coefficient (Wildman–Crippen LogP) is 1.12. The molecule has 2 heteroatoms. The van der Waals surface area contributed by atoms with Crippen LogP contribution in [-0.4, -0.2) is 12.6 Å². The molecule has 1 rings (SSSR count). The number of nitrogens with one attached hydrogen (secondary N) is 1. The van der Waals surface area contributed by atoms with Crippen molar-refractivity contribution in [2.75, 3.05) is 6.54 Å². The topological polar surface area (TPSA) is 38.0 Å². The molecule has 0 bridgehead atoms. The molecular weight excluding hydrogens is 148 g/mol. The van der Waals surface area contributed by atoms with E-state index in [-0.39, 0.29) is 6.04 Å². The summed E-state index contributed by atoms with van der Waals surface area (Å²) >= 11 is 0. The summed E-state index contributed by atoms with van der Waals surface area (Å²) < 4.78 is 0. The molecule has 0 radical (unpaired) electrons. The van der Waals surface area contributed by atoms with Gasteiger partial charge >= 0.3 is 0 Å². The Labute approximate surface area is 73.8 Å². The lowest BCUT2D eigenvalue weighted by Crippen LogP contribution is -2.30. The third kappa shape index (κ3) is 3.51. The Kier molecular flexibility index (Phi) is 3.77. The van der Waals surface area contributed by atoms with Gasteiger partial charge in [0.05, 0.1) is 0 Å². The van der Waals surface area contributed by atoms with Crippen molar-refractivity contribution in [1.29, 1.82) is 0 Å². The van der Waals surface area contributed by atoms with Crippen LogP contribution in [0.1, 0.15) is 12.5 Å². The van der Waals surface area contributed by atoms with E-state index in [4.69, 9.17) is 5.73 Å². The van der Waals surface area contributed by atoms with E-state index in [1.807, 2.05) is 25.1 Å². The maximum absolute atomic E-state index is 5.59. The second kappa shape index (κ2) is 4.91. The van der Waals surface area contributed by atoms with Crippen LogP contribution in [-0.2, 0) is 6.54 Å². The van der Waals surface area contributed by atoms with Crippen molar-refractivity contribution in [3.63, 3.8) is 0 Å². The van der Waals surface area contributed by atoms with Crippen molar-refractivity contribution in [3.8, 4) is 0 Å². The molecule has 0 aliphatic carbocycles. The molecule has 1 aromatic rings. The quantitative estimate of drug-likeness (QED) is 0.700. The maximum Gasteiger partial charge on any atom is 0.0206 e. The second-order valence-electron chi connectivity index (χ2n) is 3.09. The Hall–Kier alpha value is -0.860. The smallest absolute Gasteiger partial charge is 0.0206 e. The summed E-state index contributed by atoms with van der Waals surface area (Å²) in [4.78, 5) is 0. The van der Waals surface area contributed by atoms with Crippen LogP contribution < -0.4 is 11.1 Å². The van der Waals surface area contributed by atoms with Crippen molar-refractivity contribution < 1.29 is 0 Å². The van der Waals surface area contributed by atoms with Gasteiger partial charge in [0.25, 0.3) is 0 Å². The van der Waals surface area contributed by atoms with Crippen molar-refractivity contribution >= 4 is 0 Å². The minimum Gasteiger partial charge on any atom is -0.327 e. The second-order valence-corrected chi connectivity index (χ2v) is 3.09. The first-order valence-corrected chi connectivity index (χ1v) is 4.29. The van der Waals surface area contributed by atoms with Crippen molar-refractivity contribution in [2.24, 2.45) is 5.73 Å². The summed E-state index contributed by atoms with van der Waals surface area (Å²) in [6, 6.07) is 10.6. The van der Waals surface area contributed by atoms with E-state index < -0.39 is 0 Å². The molecule has 0 amide bonds. The van der Waals surface area contributed by atoms with Crippen LogP contribution in [0.5, 0.6) is 0 Å². The molecule has 0 fully saturated rings. The molecule has 0 aliphatic heterocycles. The fourth-order valence-electron chi connectivity index (χ4n) is 1.04. The van der Waals surface area contributed by atoms with Gasteiger partial charge in [-0.25, -0.2) is 0 Å². The largest absolute Gasteiger partial charge is 0.327 e. The number of rotatable bonds is 4. The first-order chi connectivity index (χ1) is 5.79. The number of hydrogen-bond donors (Lipinski definition) is 2. The first kappa shape index (κ1) is 9.23. The molecule has 12 heavy (non-hydrogen) atoms. The van der Waals surface area contributed by atoms with E-state index in [0.29, 0.717) is 0 Å². The molecule has 0 spiro atoms. The van der Waals surface area contributed by atoms with Gasteiger partial charge < -0.3 is 11.1 Å². The first-order valence-electron chi connectivity index (χ1n) is 4.29. The molecule has 0 saturated carbocycles. The van der Waals surface area contributed by atoms with Gasteiger partial charge in [-0.3, -0.25) is 0 Å². The van der Waals surface area contributed by atoms with E-state index in [2.05, 4.69) is 17.4 Å². The van der Waals surface area contributed by atoms with E-state index in [9.17, 15) is 0 Å². The van der Waals surface area contributed by atoms with Crippen LogP contribution in [0.25, 0.3) is 0 Å². The number of nitrogens with two attached hydrogens (primary N) is 1. The Morgan fingerprint density at radius 1 is 1.33 bits per heavy atom. The summed E-state index contributed by atoms with van der Waals surface area (Å²) in [5.74, 6) is 0. The summed E-state index contributed by atoms with van der Waals surface area (Å²) in [6.45, 7) is 3.77. The van der Waals surface area contributed by atoms with Crippen LogP contribution in [0.4, 0.5) is 0 Å². The lowest BCUT2D eigenvalue weighted by atomic mass is 10.2. The Balaban J connectivity index is 2.25. The maximum atomic E-state index is 5.59. The molecule has 1 atom stereocenters. The van der Waals surface area contributed by atoms with E-state index in [1.165, 1.54) is 5.56 Å². The predicted molar refractivity (Wildman–Crippen MR) is 51.8 cm³/mol. The SMILES string of the molecule is C[C@H](N)CNCc1ccccc1. The molecule has 0 saturated heterocycles. The average molecular weight is 164 g/mol. The van der Waals surface area contributed by atoms with Crippen LogP contribution in [0.2, 0.25) is 0 Å². The minimum atomic E-state index is 0.230. The van der Waals surface area contributed by atoms with Gasteiger partial charge in [-0.05, 0) is 12.5 Å². The third-order valence-corrected chi connectivity index (χ3v) is 1.64. The zero-order valence-electron chi connectivity index (χ0n) is 7.46. The van der Waals surface area contributed by atoms with Crippen molar-refractivity contribution in [1.82, 2.24) is 5.32 Å². The highest BCUT2D eigenvalue weighted by Gasteiger charge is 1.93. The Morgan fingerprint density at radius 3 is 2.58 bits per heavy atom. The molecule has 0 unspecified atom stereocenters. The van der Waals surface area contributed by atoms with Crippen LogP contribution in [0.3, 0.4) is 0 Å². The standard InChI is InChI=1S/C10H16N2/c1-9(11)7-12-8-10-5-3-2-4-6-10/h2-6,9,12H,7-8,11H2,1H3/t9-/m0/s1. The van der Waals surface area contributed by atoms with Gasteiger partial charge in [0, 0.05) is 19.1 Å². The zero-order chi connectivity index (χ0) is 8.81. The summed E-state index contributed by atoms with van der Waals surface area (Å²) in [6.07, 6.45) is 0. The highest BCUT2D eigenvalue weighted by atomic mass is 14.9. The number of benzene rings is 1. The normalized spacial score (nSPS) is 12.8. The van der Waals surface area contributed by atoms with Crippen molar-refractivity contribution in [3.05, 3.63) is 35.9 Å². The molecule has 0 heterocycles. The average Bonchev–Trinajstić information content (AvgIpc) is 2.05. The Morgan fingerprint density at radius 2 is 2.00 bits per heavy atom. The molecule has 1 aromatic carbocycles. The van der Waals surface area contributed by atoms with Gasteiger partial charge in [-0.2, -0.15) is 0 Å². The van der Waals surface area contributed by atoms with Gasteiger partial charge in [0.1, 0.15) is 0 Å². The minimum absolute atomic E-state index is 0.230. The monoisotopic (exact) mass is 164 g/mol. The molecule has 0 aromatic heterocycles. The lowest BCUT2D eigenvalue weighted by molar-refractivity contribution is 0.608. The molecule has 2 nitrogen and oxygen atoms in total. The zero-order valence-corrected chi connectivity index (χ0v) is 7.46. The van der Waals surface area contributed by atoms with E-state index in [1.54, 1.807) is 0 Å². The molecule has 3 N–H and O–H groups in total. The highest BCUT2D eigenvalue weighted by molar-refractivity contribution is 5.14. The highest BCUT2D eigenvalue weighted by Crippen LogP contribution is 1.96. The van der Waals surface area contributed by atoms with Crippen molar-refractivity contribution in [2.45, 2.75) is 19.5 Å². The van der Waals surface area contributed by atoms with Gasteiger partial charge in [-0.1, -0.05) is 30.3 Å².